The average molecular weight is 283 g/mol. The van der Waals surface area contributed by atoms with Crippen molar-refractivity contribution in [2.75, 3.05) is 6.54 Å². The summed E-state index contributed by atoms with van der Waals surface area (Å²) in [6.07, 6.45) is 3.07. The van der Waals surface area contributed by atoms with E-state index in [1.54, 1.807) is 0 Å². The molecule has 0 radical (unpaired) electrons. The van der Waals surface area contributed by atoms with E-state index in [4.69, 9.17) is 5.73 Å². The highest BCUT2D eigenvalue weighted by Gasteiger charge is 2.22. The number of aromatic nitrogens is 1. The van der Waals surface area contributed by atoms with Crippen LogP contribution in [0.5, 0.6) is 0 Å². The molecule has 1 rings (SSSR count). The fraction of sp³-hybridized carbons (Fsp3) is 0.714. The van der Waals surface area contributed by atoms with Crippen molar-refractivity contribution in [2.45, 2.75) is 59.0 Å². The lowest BCUT2D eigenvalue weighted by Crippen LogP contribution is -2.39. The van der Waals surface area contributed by atoms with Crippen LogP contribution in [0.1, 0.15) is 68.5 Å². The first-order chi connectivity index (χ1) is 9.01. The molecule has 0 saturated carbocycles. The lowest BCUT2D eigenvalue weighted by molar-refractivity contribution is 0.0680. The maximum Gasteiger partial charge on any atom is 0.273 e. The zero-order chi connectivity index (χ0) is 14.4. The monoisotopic (exact) mass is 283 g/mol. The number of carbonyl (C=O) groups excluding carboxylic acids is 1. The van der Waals surface area contributed by atoms with Crippen LogP contribution in [0.3, 0.4) is 0 Å². The summed E-state index contributed by atoms with van der Waals surface area (Å²) in [7, 11) is 0. The Hall–Kier alpha value is -0.940. The Bertz CT molecular complexity index is 403. The van der Waals surface area contributed by atoms with E-state index in [1.807, 2.05) is 17.2 Å². The van der Waals surface area contributed by atoms with Crippen LogP contribution < -0.4 is 5.73 Å². The lowest BCUT2D eigenvalue weighted by Gasteiger charge is -2.27. The summed E-state index contributed by atoms with van der Waals surface area (Å²) in [4.78, 5) is 18.8. The molecule has 0 fully saturated rings. The van der Waals surface area contributed by atoms with Crippen molar-refractivity contribution >= 4 is 17.2 Å². The van der Waals surface area contributed by atoms with E-state index in [2.05, 4.69) is 25.8 Å². The number of hydrogen-bond acceptors (Lipinski definition) is 4. The Kier molecular flexibility index (Phi) is 6.45. The molecule has 0 saturated heterocycles. The van der Waals surface area contributed by atoms with Gasteiger partial charge in [-0.2, -0.15) is 0 Å². The molecule has 19 heavy (non-hydrogen) atoms. The second kappa shape index (κ2) is 7.60. The second-order valence-electron chi connectivity index (χ2n) is 4.97. The van der Waals surface area contributed by atoms with E-state index in [1.165, 1.54) is 11.3 Å². The van der Waals surface area contributed by atoms with Crippen molar-refractivity contribution in [3.8, 4) is 0 Å². The summed E-state index contributed by atoms with van der Waals surface area (Å²) in [5, 5.41) is 2.64. The highest BCUT2D eigenvalue weighted by Crippen LogP contribution is 2.18. The lowest BCUT2D eigenvalue weighted by atomic mass is 10.2. The van der Waals surface area contributed by atoms with Crippen LogP contribution >= 0.6 is 11.3 Å². The smallest absolute Gasteiger partial charge is 0.273 e. The highest BCUT2D eigenvalue weighted by molar-refractivity contribution is 7.09. The fourth-order valence-corrected chi connectivity index (χ4v) is 2.56. The molecular formula is C14H25N3OS. The summed E-state index contributed by atoms with van der Waals surface area (Å²) in [6, 6.07) is 0.138. The van der Waals surface area contributed by atoms with Crippen molar-refractivity contribution in [2.24, 2.45) is 5.73 Å². The zero-order valence-electron chi connectivity index (χ0n) is 12.3. The molecule has 2 unspecified atom stereocenters. The number of unbranched alkanes of at least 4 members (excludes halogenated alkanes) is 1. The van der Waals surface area contributed by atoms with Crippen LogP contribution in [0, 0.1) is 0 Å². The summed E-state index contributed by atoms with van der Waals surface area (Å²) >= 11 is 1.46. The van der Waals surface area contributed by atoms with Gasteiger partial charge in [-0.25, -0.2) is 4.98 Å². The molecule has 5 heteroatoms. The topological polar surface area (TPSA) is 59.2 Å². The van der Waals surface area contributed by atoms with E-state index >= 15 is 0 Å². The minimum absolute atomic E-state index is 0.0333. The van der Waals surface area contributed by atoms with Gasteiger partial charge < -0.3 is 10.6 Å². The zero-order valence-corrected chi connectivity index (χ0v) is 13.2. The van der Waals surface area contributed by atoms with Crippen molar-refractivity contribution in [3.63, 3.8) is 0 Å². The fourth-order valence-electron chi connectivity index (χ4n) is 1.81. The van der Waals surface area contributed by atoms with E-state index in [9.17, 15) is 4.79 Å². The standard InChI is InChI=1S/C14H25N3OS/c1-5-7-8-17(10(3)6-2)14(18)12-9-19-13(16-12)11(4)15/h9-11H,5-8,15H2,1-4H3. The van der Waals surface area contributed by atoms with Crippen LogP contribution in [0.25, 0.3) is 0 Å². The maximum atomic E-state index is 12.5. The van der Waals surface area contributed by atoms with E-state index in [0.29, 0.717) is 5.69 Å². The summed E-state index contributed by atoms with van der Waals surface area (Å²) in [5.74, 6) is 0.0333. The molecule has 1 heterocycles. The van der Waals surface area contributed by atoms with Crippen molar-refractivity contribution in [1.29, 1.82) is 0 Å². The summed E-state index contributed by atoms with van der Waals surface area (Å²) in [5.41, 5.74) is 6.33. The van der Waals surface area contributed by atoms with Crippen LogP contribution in [-0.2, 0) is 0 Å². The van der Waals surface area contributed by atoms with Crippen LogP contribution in [0.4, 0.5) is 0 Å². The largest absolute Gasteiger partial charge is 0.335 e. The molecule has 108 valence electrons. The molecular weight excluding hydrogens is 258 g/mol. The van der Waals surface area contributed by atoms with Crippen LogP contribution in [0.15, 0.2) is 5.38 Å². The predicted octanol–water partition coefficient (Wildman–Crippen LogP) is 3.20. The normalized spacial score (nSPS) is 14.2. The van der Waals surface area contributed by atoms with Gasteiger partial charge in [0.15, 0.2) is 0 Å². The first-order valence-corrected chi connectivity index (χ1v) is 7.91. The minimum atomic E-state index is -0.112. The maximum absolute atomic E-state index is 12.5. The van der Waals surface area contributed by atoms with Gasteiger partial charge in [0.05, 0.1) is 6.04 Å². The molecule has 0 bridgehead atoms. The third kappa shape index (κ3) is 4.28. The number of nitrogens with two attached hydrogens (primary N) is 1. The third-order valence-electron chi connectivity index (χ3n) is 3.27. The Morgan fingerprint density at radius 3 is 2.63 bits per heavy atom. The Balaban J connectivity index is 2.84. The Morgan fingerprint density at radius 1 is 1.47 bits per heavy atom. The van der Waals surface area contributed by atoms with Gasteiger partial charge >= 0.3 is 0 Å². The average Bonchev–Trinajstić information content (AvgIpc) is 2.88. The number of nitrogens with zero attached hydrogens (tertiary/aromatic N) is 2. The van der Waals surface area contributed by atoms with Crippen molar-refractivity contribution in [1.82, 2.24) is 9.88 Å². The highest BCUT2D eigenvalue weighted by atomic mass is 32.1. The quantitative estimate of drug-likeness (QED) is 0.836. The number of thiazole rings is 1. The van der Waals surface area contributed by atoms with Gasteiger partial charge in [-0.05, 0) is 26.7 Å². The molecule has 0 spiro atoms. The summed E-state index contributed by atoms with van der Waals surface area (Å²) in [6.45, 7) is 9.01. The van der Waals surface area contributed by atoms with Crippen LogP contribution in [0.2, 0.25) is 0 Å². The first-order valence-electron chi connectivity index (χ1n) is 7.03. The molecule has 0 aliphatic rings. The van der Waals surface area contributed by atoms with E-state index in [0.717, 1.165) is 30.8 Å². The molecule has 2 atom stereocenters. The van der Waals surface area contributed by atoms with Gasteiger partial charge in [-0.3, -0.25) is 4.79 Å². The molecule has 4 nitrogen and oxygen atoms in total. The molecule has 0 aliphatic carbocycles. The van der Waals surface area contributed by atoms with E-state index in [-0.39, 0.29) is 18.0 Å². The summed E-state index contributed by atoms with van der Waals surface area (Å²) < 4.78 is 0. The Labute approximate surface area is 120 Å². The third-order valence-corrected chi connectivity index (χ3v) is 4.31. The molecule has 2 N–H and O–H groups in total. The minimum Gasteiger partial charge on any atom is -0.335 e. The van der Waals surface area contributed by atoms with Crippen molar-refractivity contribution in [3.05, 3.63) is 16.1 Å². The van der Waals surface area contributed by atoms with Crippen LogP contribution in [-0.4, -0.2) is 28.4 Å². The molecule has 0 aliphatic heterocycles. The number of rotatable bonds is 7. The number of carbonyl (C=O) groups is 1. The van der Waals surface area contributed by atoms with Gasteiger partial charge in [-0.15, -0.1) is 11.3 Å². The van der Waals surface area contributed by atoms with Gasteiger partial charge in [0.25, 0.3) is 5.91 Å². The number of hydrogen-bond donors (Lipinski definition) is 1. The van der Waals surface area contributed by atoms with Gasteiger partial charge in [0, 0.05) is 18.0 Å². The molecule has 1 aromatic rings. The molecule has 1 amide bonds. The predicted molar refractivity (Wildman–Crippen MR) is 80.4 cm³/mol. The SMILES string of the molecule is CCCCN(C(=O)c1csc(C(C)N)n1)C(C)CC. The van der Waals surface area contributed by atoms with Gasteiger partial charge in [0.1, 0.15) is 10.7 Å². The molecule has 1 aromatic heterocycles. The van der Waals surface area contributed by atoms with Gasteiger partial charge in [0.2, 0.25) is 0 Å². The van der Waals surface area contributed by atoms with Crippen molar-refractivity contribution < 1.29 is 4.79 Å². The molecule has 0 aromatic carbocycles. The Morgan fingerprint density at radius 2 is 2.16 bits per heavy atom. The van der Waals surface area contributed by atoms with Gasteiger partial charge in [-0.1, -0.05) is 20.3 Å². The van der Waals surface area contributed by atoms with E-state index < -0.39 is 0 Å². The first kappa shape index (κ1) is 16.1. The number of amides is 1. The second-order valence-corrected chi connectivity index (χ2v) is 5.86.